The van der Waals surface area contributed by atoms with Crippen molar-refractivity contribution in [1.82, 2.24) is 30.3 Å². The summed E-state index contributed by atoms with van der Waals surface area (Å²) in [5.74, 6) is 0.843. The lowest BCUT2D eigenvalue weighted by atomic mass is 10.0. The van der Waals surface area contributed by atoms with E-state index in [-0.39, 0.29) is 11.5 Å². The Hall–Kier alpha value is -4.27. The summed E-state index contributed by atoms with van der Waals surface area (Å²) in [6, 6.07) is 14.3. The van der Waals surface area contributed by atoms with Gasteiger partial charge >= 0.3 is 0 Å². The minimum Gasteiger partial charge on any atom is -0.363 e. The number of anilines is 1. The lowest BCUT2D eigenvalue weighted by molar-refractivity contribution is 0.0734. The number of hydrogen-bond acceptors (Lipinski definition) is 6. The van der Waals surface area contributed by atoms with Crippen LogP contribution in [0, 0.1) is 0 Å². The lowest BCUT2D eigenvalue weighted by Gasteiger charge is -2.27. The largest absolute Gasteiger partial charge is 0.363 e. The third-order valence-corrected chi connectivity index (χ3v) is 5.81. The van der Waals surface area contributed by atoms with Crippen molar-refractivity contribution >= 4 is 11.7 Å². The lowest BCUT2D eigenvalue weighted by Crippen LogP contribution is -2.35. The number of aromatic nitrogens is 5. The number of benzene rings is 1. The van der Waals surface area contributed by atoms with Crippen molar-refractivity contribution in [3.63, 3.8) is 0 Å². The fourth-order valence-corrected chi connectivity index (χ4v) is 3.97. The number of rotatable bonds is 4. The Morgan fingerprint density at radius 2 is 1.76 bits per heavy atom. The van der Waals surface area contributed by atoms with Gasteiger partial charge in [-0.1, -0.05) is 12.1 Å². The maximum atomic E-state index is 13.2. The fraction of sp³-hybridized carbons (Fsp3) is 0.208. The van der Waals surface area contributed by atoms with Gasteiger partial charge in [0.05, 0.1) is 11.4 Å². The number of amides is 1. The van der Waals surface area contributed by atoms with E-state index < -0.39 is 0 Å². The van der Waals surface area contributed by atoms with Gasteiger partial charge in [-0.2, -0.15) is 10.2 Å². The Balaban J connectivity index is 1.35. The van der Waals surface area contributed by atoms with Gasteiger partial charge in [-0.15, -0.1) is 0 Å². The van der Waals surface area contributed by atoms with Crippen LogP contribution in [0.2, 0.25) is 0 Å². The third-order valence-electron chi connectivity index (χ3n) is 5.81. The molecule has 0 spiro atoms. The minimum absolute atomic E-state index is 0.0325. The van der Waals surface area contributed by atoms with E-state index in [0.717, 1.165) is 40.3 Å². The van der Waals surface area contributed by atoms with E-state index in [4.69, 9.17) is 0 Å². The molecule has 0 fully saturated rings. The molecule has 1 amide bonds. The maximum absolute atomic E-state index is 13.2. The highest BCUT2D eigenvalue weighted by molar-refractivity contribution is 5.95. The summed E-state index contributed by atoms with van der Waals surface area (Å²) >= 11 is 0. The van der Waals surface area contributed by atoms with E-state index >= 15 is 0 Å². The number of carbonyl (C=O) groups excluding carboxylic acids is 1. The van der Waals surface area contributed by atoms with E-state index in [2.05, 4.69) is 25.4 Å². The van der Waals surface area contributed by atoms with Crippen LogP contribution < -0.4 is 10.5 Å². The Bertz CT molecular complexity index is 1330. The van der Waals surface area contributed by atoms with Crippen LogP contribution in [0.1, 0.15) is 21.6 Å². The second kappa shape index (κ2) is 8.34. The van der Waals surface area contributed by atoms with Crippen LogP contribution in [0.25, 0.3) is 22.5 Å². The summed E-state index contributed by atoms with van der Waals surface area (Å²) in [5.41, 5.74) is 5.67. The first-order chi connectivity index (χ1) is 16.0. The third kappa shape index (κ3) is 4.00. The highest BCUT2D eigenvalue weighted by Gasteiger charge is 2.26. The van der Waals surface area contributed by atoms with Crippen molar-refractivity contribution in [1.29, 1.82) is 0 Å². The summed E-state index contributed by atoms with van der Waals surface area (Å²) < 4.78 is 0. The van der Waals surface area contributed by atoms with Gasteiger partial charge in [0, 0.05) is 73.8 Å². The number of fused-ring (bicyclic) bond motifs is 1. The molecule has 4 aromatic rings. The average molecular weight is 441 g/mol. The molecular formula is C24H23N7O2. The molecule has 0 unspecified atom stereocenters. The molecule has 166 valence electrons. The molecule has 0 saturated carbocycles. The van der Waals surface area contributed by atoms with Crippen LogP contribution in [0.4, 0.5) is 5.82 Å². The molecule has 1 aromatic carbocycles. The molecule has 0 aliphatic carbocycles. The number of nitrogens with one attached hydrogen (secondary N) is 2. The molecule has 33 heavy (non-hydrogen) atoms. The van der Waals surface area contributed by atoms with Crippen molar-refractivity contribution in [2.45, 2.75) is 13.0 Å². The van der Waals surface area contributed by atoms with Crippen molar-refractivity contribution in [2.75, 3.05) is 25.5 Å². The van der Waals surface area contributed by atoms with Gasteiger partial charge in [0.15, 0.2) is 0 Å². The Morgan fingerprint density at radius 1 is 0.970 bits per heavy atom. The number of H-pyrrole nitrogens is 2. The van der Waals surface area contributed by atoms with Gasteiger partial charge in [-0.25, -0.2) is 10.1 Å². The van der Waals surface area contributed by atoms with Crippen molar-refractivity contribution in [3.05, 3.63) is 81.9 Å². The number of carbonyl (C=O) groups is 1. The predicted molar refractivity (Wildman–Crippen MR) is 125 cm³/mol. The van der Waals surface area contributed by atoms with Gasteiger partial charge in [0.25, 0.3) is 11.5 Å². The first-order valence-corrected chi connectivity index (χ1v) is 10.6. The van der Waals surface area contributed by atoms with Crippen LogP contribution in [0.15, 0.2) is 59.5 Å². The molecule has 0 radical (unpaired) electrons. The fourth-order valence-electron chi connectivity index (χ4n) is 3.97. The molecule has 5 rings (SSSR count). The summed E-state index contributed by atoms with van der Waals surface area (Å²) in [4.78, 5) is 32.7. The highest BCUT2D eigenvalue weighted by atomic mass is 16.2. The topological polar surface area (TPSA) is 111 Å². The summed E-state index contributed by atoms with van der Waals surface area (Å²) in [6.45, 7) is 1.10. The molecule has 1 aliphatic rings. The van der Waals surface area contributed by atoms with Gasteiger partial charge in [0.2, 0.25) is 0 Å². The molecule has 0 bridgehead atoms. The summed E-state index contributed by atoms with van der Waals surface area (Å²) in [7, 11) is 3.90. The molecule has 9 heteroatoms. The molecule has 0 saturated heterocycles. The van der Waals surface area contributed by atoms with Gasteiger partial charge < -0.3 is 9.80 Å². The summed E-state index contributed by atoms with van der Waals surface area (Å²) in [6.07, 6.45) is 2.53. The van der Waals surface area contributed by atoms with Crippen LogP contribution in [-0.4, -0.2) is 56.8 Å². The molecule has 4 heterocycles. The monoisotopic (exact) mass is 441 g/mol. The minimum atomic E-state index is -0.252. The molecule has 0 atom stereocenters. The number of nitrogens with zero attached hydrogens (tertiary/aromatic N) is 5. The van der Waals surface area contributed by atoms with E-state index in [1.54, 1.807) is 18.2 Å². The average Bonchev–Trinajstić information content (AvgIpc) is 3.27. The molecule has 9 nitrogen and oxygen atoms in total. The smallest absolute Gasteiger partial charge is 0.264 e. The number of hydrogen-bond donors (Lipinski definition) is 2. The Labute approximate surface area is 190 Å². The number of aromatic amines is 2. The second-order valence-corrected chi connectivity index (χ2v) is 8.19. The molecule has 1 aliphatic heterocycles. The normalized spacial score (nSPS) is 13.0. The van der Waals surface area contributed by atoms with Crippen molar-refractivity contribution in [3.8, 4) is 22.5 Å². The first kappa shape index (κ1) is 20.6. The van der Waals surface area contributed by atoms with E-state index in [1.807, 2.05) is 54.4 Å². The summed E-state index contributed by atoms with van der Waals surface area (Å²) in [5, 5.41) is 14.1. The van der Waals surface area contributed by atoms with Crippen LogP contribution in [0.3, 0.4) is 0 Å². The highest BCUT2D eigenvalue weighted by Crippen LogP contribution is 2.29. The Morgan fingerprint density at radius 3 is 2.42 bits per heavy atom. The van der Waals surface area contributed by atoms with E-state index in [1.165, 1.54) is 6.07 Å². The first-order valence-electron chi connectivity index (χ1n) is 10.6. The van der Waals surface area contributed by atoms with Gasteiger partial charge in [0.1, 0.15) is 5.82 Å². The molecular weight excluding hydrogens is 418 g/mol. The van der Waals surface area contributed by atoms with Crippen LogP contribution in [0.5, 0.6) is 0 Å². The Kier molecular flexibility index (Phi) is 5.21. The standard InChI is InChI=1S/C24H23N7O2/c1-30(2)21-9-7-17(13-25-21)23-18-14-31(12-11-20(18)27-29-23)24(33)16-5-3-15(4-6-16)19-8-10-22(32)28-26-19/h3-10,13H,11-12,14H2,1-2H3,(H,27,29)(H,28,32). The zero-order chi connectivity index (χ0) is 22.9. The number of pyridine rings is 1. The quantitative estimate of drug-likeness (QED) is 0.503. The molecule has 2 N–H and O–H groups in total. The zero-order valence-corrected chi connectivity index (χ0v) is 18.4. The second-order valence-electron chi connectivity index (χ2n) is 8.19. The SMILES string of the molecule is CN(C)c1ccc(-c2n[nH]c3c2CN(C(=O)c2ccc(-c4ccc(=O)[nH]n4)cc2)CC3)cn1. The van der Waals surface area contributed by atoms with E-state index in [9.17, 15) is 9.59 Å². The van der Waals surface area contributed by atoms with Crippen molar-refractivity contribution < 1.29 is 4.79 Å². The maximum Gasteiger partial charge on any atom is 0.264 e. The van der Waals surface area contributed by atoms with Crippen molar-refractivity contribution in [2.24, 2.45) is 0 Å². The zero-order valence-electron chi connectivity index (χ0n) is 18.4. The van der Waals surface area contributed by atoms with Crippen LogP contribution in [-0.2, 0) is 13.0 Å². The molecule has 3 aromatic heterocycles. The van der Waals surface area contributed by atoms with E-state index in [0.29, 0.717) is 24.3 Å². The van der Waals surface area contributed by atoms with Gasteiger partial charge in [-0.05, 0) is 30.3 Å². The van der Waals surface area contributed by atoms with Gasteiger partial charge in [-0.3, -0.25) is 14.7 Å². The predicted octanol–water partition coefficient (Wildman–Crippen LogP) is 2.49. The van der Waals surface area contributed by atoms with Crippen LogP contribution >= 0.6 is 0 Å².